The van der Waals surface area contributed by atoms with Gasteiger partial charge in [0.15, 0.2) is 0 Å². The van der Waals surface area contributed by atoms with Crippen LogP contribution in [0.5, 0.6) is 0 Å². The summed E-state index contributed by atoms with van der Waals surface area (Å²) in [6, 6.07) is 19.3. The highest BCUT2D eigenvalue weighted by Gasteiger charge is 2.40. The van der Waals surface area contributed by atoms with Crippen LogP contribution in [0.15, 0.2) is 60.7 Å². The minimum absolute atomic E-state index is 0.0681. The number of carbonyl (C=O) groups is 2. The topological polar surface area (TPSA) is 75.2 Å². The molecule has 2 unspecified atom stereocenters. The van der Waals surface area contributed by atoms with Crippen molar-refractivity contribution in [2.24, 2.45) is 5.92 Å². The maximum atomic E-state index is 13.2. The summed E-state index contributed by atoms with van der Waals surface area (Å²) >= 11 is 1.35. The van der Waals surface area contributed by atoms with Crippen molar-refractivity contribution in [3.8, 4) is 0 Å². The molecule has 7 heteroatoms. The summed E-state index contributed by atoms with van der Waals surface area (Å²) in [6.07, 6.45) is 0.858. The molecule has 29 heavy (non-hydrogen) atoms. The van der Waals surface area contributed by atoms with E-state index in [1.165, 1.54) is 11.3 Å². The molecular weight excluding hydrogens is 384 g/mol. The van der Waals surface area contributed by atoms with Crippen LogP contribution in [0.4, 0.5) is 5.13 Å². The molecule has 0 spiro atoms. The largest absolute Gasteiger partial charge is 0.331 e. The number of amides is 2. The van der Waals surface area contributed by atoms with Crippen molar-refractivity contribution in [1.29, 1.82) is 0 Å². The van der Waals surface area contributed by atoms with Gasteiger partial charge >= 0.3 is 0 Å². The molecule has 4 rings (SSSR count). The Labute approximate surface area is 173 Å². The van der Waals surface area contributed by atoms with E-state index < -0.39 is 0 Å². The monoisotopic (exact) mass is 406 g/mol. The fourth-order valence-corrected chi connectivity index (χ4v) is 4.40. The Morgan fingerprint density at radius 3 is 2.45 bits per heavy atom. The number of nitrogens with one attached hydrogen (secondary N) is 1. The third-order valence-corrected chi connectivity index (χ3v) is 5.89. The van der Waals surface area contributed by atoms with Gasteiger partial charge < -0.3 is 10.2 Å². The summed E-state index contributed by atoms with van der Waals surface area (Å²) in [5.74, 6) is -0.415. The number of piperidine rings is 1. The van der Waals surface area contributed by atoms with E-state index >= 15 is 0 Å². The molecule has 1 aromatic heterocycles. The van der Waals surface area contributed by atoms with Crippen LogP contribution in [0.3, 0.4) is 0 Å². The maximum Gasteiger partial charge on any atom is 0.231 e. The van der Waals surface area contributed by atoms with Crippen molar-refractivity contribution < 1.29 is 9.59 Å². The minimum atomic E-state index is -0.358. The summed E-state index contributed by atoms with van der Waals surface area (Å²) < 4.78 is 0. The molecule has 0 bridgehead atoms. The Morgan fingerprint density at radius 2 is 1.79 bits per heavy atom. The van der Waals surface area contributed by atoms with Crippen LogP contribution < -0.4 is 5.32 Å². The molecule has 1 N–H and O–H groups in total. The lowest BCUT2D eigenvalue weighted by atomic mass is 9.83. The second-order valence-corrected chi connectivity index (χ2v) is 8.31. The fraction of sp³-hybridized carbons (Fsp3) is 0.273. The highest BCUT2D eigenvalue weighted by atomic mass is 32.1. The number of rotatable bonds is 5. The number of hydrogen-bond donors (Lipinski definition) is 1. The summed E-state index contributed by atoms with van der Waals surface area (Å²) in [5.41, 5.74) is 2.01. The van der Waals surface area contributed by atoms with Crippen LogP contribution in [0.1, 0.15) is 35.0 Å². The molecule has 2 amide bonds. The third kappa shape index (κ3) is 4.35. The molecule has 1 fully saturated rings. The number of aromatic nitrogens is 2. The van der Waals surface area contributed by atoms with E-state index in [2.05, 4.69) is 15.5 Å². The lowest BCUT2D eigenvalue weighted by molar-refractivity contribution is -0.142. The maximum absolute atomic E-state index is 13.2. The predicted molar refractivity (Wildman–Crippen MR) is 112 cm³/mol. The first kappa shape index (κ1) is 19.3. The van der Waals surface area contributed by atoms with E-state index in [4.69, 9.17) is 0 Å². The Hall–Kier alpha value is -3.06. The molecule has 0 aliphatic carbocycles. The standard InChI is InChI=1S/C22H22N4O2S/c1-15-24-25-22(29-15)23-21(28)18-12-13-19(27)26(14-16-8-4-2-5-9-16)20(18)17-10-6-3-7-11-17/h2-11,18,20H,12-14H2,1H3,(H,23,25,28). The van der Waals surface area contributed by atoms with E-state index in [0.717, 1.165) is 16.1 Å². The number of aryl methyl sites for hydroxylation is 1. The molecule has 6 nitrogen and oxygen atoms in total. The van der Waals surface area contributed by atoms with Crippen LogP contribution in [0.2, 0.25) is 0 Å². The number of benzene rings is 2. The molecule has 1 aliphatic rings. The van der Waals surface area contributed by atoms with E-state index in [1.54, 1.807) is 0 Å². The van der Waals surface area contributed by atoms with Gasteiger partial charge in [-0.15, -0.1) is 10.2 Å². The molecule has 1 aliphatic heterocycles. The first-order chi connectivity index (χ1) is 14.1. The molecule has 1 saturated heterocycles. The van der Waals surface area contributed by atoms with Gasteiger partial charge in [-0.05, 0) is 24.5 Å². The van der Waals surface area contributed by atoms with Gasteiger partial charge in [-0.2, -0.15) is 0 Å². The van der Waals surface area contributed by atoms with Gasteiger partial charge in [0.2, 0.25) is 16.9 Å². The number of anilines is 1. The number of nitrogens with zero attached hydrogens (tertiary/aromatic N) is 3. The molecule has 0 radical (unpaired) electrons. The molecule has 0 saturated carbocycles. The smallest absolute Gasteiger partial charge is 0.231 e. The summed E-state index contributed by atoms with van der Waals surface area (Å²) in [6.45, 7) is 2.32. The van der Waals surface area contributed by atoms with Gasteiger partial charge in [0.25, 0.3) is 0 Å². The highest BCUT2D eigenvalue weighted by Crippen LogP contribution is 2.38. The highest BCUT2D eigenvalue weighted by molar-refractivity contribution is 7.15. The summed E-state index contributed by atoms with van der Waals surface area (Å²) in [7, 11) is 0. The van der Waals surface area contributed by atoms with Crippen LogP contribution in [-0.4, -0.2) is 26.9 Å². The summed E-state index contributed by atoms with van der Waals surface area (Å²) in [5, 5.41) is 12.2. The molecule has 2 atom stereocenters. The Bertz CT molecular complexity index is 990. The first-order valence-corrected chi connectivity index (χ1v) is 10.4. The zero-order valence-electron chi connectivity index (χ0n) is 16.1. The van der Waals surface area contributed by atoms with E-state index in [-0.39, 0.29) is 23.8 Å². The first-order valence-electron chi connectivity index (χ1n) is 9.61. The number of likely N-dealkylation sites (tertiary alicyclic amines) is 1. The SMILES string of the molecule is Cc1nnc(NC(=O)C2CCC(=O)N(Cc3ccccc3)C2c2ccccc2)s1. The van der Waals surface area contributed by atoms with Crippen molar-refractivity contribution in [3.63, 3.8) is 0 Å². The van der Waals surface area contributed by atoms with Crippen molar-refractivity contribution in [1.82, 2.24) is 15.1 Å². The second kappa shape index (κ2) is 8.53. The van der Waals surface area contributed by atoms with Gasteiger partial charge in [0.1, 0.15) is 5.01 Å². The fourth-order valence-electron chi connectivity index (χ4n) is 3.80. The zero-order chi connectivity index (χ0) is 20.2. The van der Waals surface area contributed by atoms with Gasteiger partial charge in [0, 0.05) is 13.0 Å². The van der Waals surface area contributed by atoms with Gasteiger partial charge in [-0.3, -0.25) is 9.59 Å². The van der Waals surface area contributed by atoms with Crippen molar-refractivity contribution >= 4 is 28.3 Å². The van der Waals surface area contributed by atoms with Crippen molar-refractivity contribution in [2.45, 2.75) is 32.4 Å². The lowest BCUT2D eigenvalue weighted by Crippen LogP contribution is -2.46. The normalized spacial score (nSPS) is 19.2. The minimum Gasteiger partial charge on any atom is -0.331 e. The zero-order valence-corrected chi connectivity index (χ0v) is 16.9. The predicted octanol–water partition coefficient (Wildman–Crippen LogP) is 3.97. The van der Waals surface area contributed by atoms with Crippen LogP contribution in [-0.2, 0) is 16.1 Å². The molecule has 2 heterocycles. The number of hydrogen-bond acceptors (Lipinski definition) is 5. The molecule has 148 valence electrons. The van der Waals surface area contributed by atoms with Crippen LogP contribution >= 0.6 is 11.3 Å². The van der Waals surface area contributed by atoms with Gasteiger partial charge in [0.05, 0.1) is 12.0 Å². The Morgan fingerprint density at radius 1 is 1.10 bits per heavy atom. The molecule has 3 aromatic rings. The van der Waals surface area contributed by atoms with Gasteiger partial charge in [-0.25, -0.2) is 0 Å². The second-order valence-electron chi connectivity index (χ2n) is 7.12. The average molecular weight is 407 g/mol. The van der Waals surface area contributed by atoms with E-state index in [1.807, 2.05) is 72.5 Å². The van der Waals surface area contributed by atoms with Crippen molar-refractivity contribution in [2.75, 3.05) is 5.32 Å². The quantitative estimate of drug-likeness (QED) is 0.696. The number of carbonyl (C=O) groups excluding carboxylic acids is 2. The Balaban J connectivity index is 1.65. The van der Waals surface area contributed by atoms with E-state index in [0.29, 0.717) is 24.5 Å². The van der Waals surface area contributed by atoms with Gasteiger partial charge in [-0.1, -0.05) is 72.0 Å². The summed E-state index contributed by atoms with van der Waals surface area (Å²) in [4.78, 5) is 27.9. The van der Waals surface area contributed by atoms with E-state index in [9.17, 15) is 9.59 Å². The molecular formula is C22H22N4O2S. The average Bonchev–Trinajstić information content (AvgIpc) is 3.15. The lowest BCUT2D eigenvalue weighted by Gasteiger charge is -2.40. The molecule has 2 aromatic carbocycles. The van der Waals surface area contributed by atoms with Crippen molar-refractivity contribution in [3.05, 3.63) is 76.8 Å². The van der Waals surface area contributed by atoms with Crippen LogP contribution in [0, 0.1) is 12.8 Å². The van der Waals surface area contributed by atoms with Crippen LogP contribution in [0.25, 0.3) is 0 Å². The third-order valence-electron chi connectivity index (χ3n) is 5.14. The Kier molecular flexibility index (Phi) is 5.67.